The minimum Gasteiger partial charge on any atom is -0.409 e. The molecule has 3 rings (SSSR count). The van der Waals surface area contributed by atoms with Gasteiger partial charge in [-0.3, -0.25) is 9.59 Å². The highest BCUT2D eigenvalue weighted by Crippen LogP contribution is 2.11. The lowest BCUT2D eigenvalue weighted by Gasteiger charge is -2.23. The third-order valence-electron chi connectivity index (χ3n) is 3.75. The van der Waals surface area contributed by atoms with Crippen LogP contribution in [0.25, 0.3) is 10.9 Å². The van der Waals surface area contributed by atoms with Gasteiger partial charge in [-0.2, -0.15) is 0 Å². The molecule has 0 radical (unpaired) electrons. The number of hydrogen-bond donors (Lipinski definition) is 1. The van der Waals surface area contributed by atoms with Crippen molar-refractivity contribution in [3.63, 3.8) is 0 Å². The SMILES string of the molecule is CCOn1c(C(=O)NC2CCCOC2)nc2ccc(F)cc2c1=O. The summed E-state index contributed by atoms with van der Waals surface area (Å²) in [4.78, 5) is 34.5. The van der Waals surface area contributed by atoms with Crippen molar-refractivity contribution < 1.29 is 18.8 Å². The van der Waals surface area contributed by atoms with Crippen molar-refractivity contribution in [2.45, 2.75) is 25.8 Å². The van der Waals surface area contributed by atoms with Crippen molar-refractivity contribution in [2.24, 2.45) is 0 Å². The molecule has 8 heteroatoms. The van der Waals surface area contributed by atoms with E-state index in [0.29, 0.717) is 13.2 Å². The highest BCUT2D eigenvalue weighted by atomic mass is 19.1. The van der Waals surface area contributed by atoms with Crippen molar-refractivity contribution >= 4 is 16.8 Å². The second-order valence-corrected chi connectivity index (χ2v) is 5.50. The largest absolute Gasteiger partial charge is 0.409 e. The van der Waals surface area contributed by atoms with E-state index >= 15 is 0 Å². The maximum Gasteiger partial charge on any atom is 0.294 e. The molecule has 1 aromatic carbocycles. The molecule has 1 atom stereocenters. The van der Waals surface area contributed by atoms with Gasteiger partial charge in [-0.25, -0.2) is 9.37 Å². The van der Waals surface area contributed by atoms with E-state index in [4.69, 9.17) is 9.57 Å². The first-order chi connectivity index (χ1) is 11.6. The minimum atomic E-state index is -0.619. The van der Waals surface area contributed by atoms with Crippen LogP contribution >= 0.6 is 0 Å². The molecule has 1 N–H and O–H groups in total. The Hall–Kier alpha value is -2.48. The minimum absolute atomic E-state index is 0.0565. The van der Waals surface area contributed by atoms with Crippen LogP contribution in [0.15, 0.2) is 23.0 Å². The molecule has 1 aliphatic rings. The summed E-state index contributed by atoms with van der Waals surface area (Å²) in [6.45, 7) is 2.94. The Labute approximate surface area is 137 Å². The number of hydrogen-bond acceptors (Lipinski definition) is 5. The molecule has 2 heterocycles. The first-order valence-corrected chi connectivity index (χ1v) is 7.84. The summed E-state index contributed by atoms with van der Waals surface area (Å²) in [5.74, 6) is -1.24. The van der Waals surface area contributed by atoms with Gasteiger partial charge in [-0.1, -0.05) is 0 Å². The molecule has 1 unspecified atom stereocenters. The van der Waals surface area contributed by atoms with Gasteiger partial charge in [-0.15, -0.1) is 4.73 Å². The van der Waals surface area contributed by atoms with Crippen molar-refractivity contribution in [2.75, 3.05) is 19.8 Å². The predicted octanol–water partition coefficient (Wildman–Crippen LogP) is 0.893. The normalized spacial score (nSPS) is 17.7. The summed E-state index contributed by atoms with van der Waals surface area (Å²) in [6, 6.07) is 3.50. The van der Waals surface area contributed by atoms with Gasteiger partial charge in [0.1, 0.15) is 12.4 Å². The molecule has 24 heavy (non-hydrogen) atoms. The predicted molar refractivity (Wildman–Crippen MR) is 84.4 cm³/mol. The van der Waals surface area contributed by atoms with Crippen molar-refractivity contribution in [1.29, 1.82) is 0 Å². The summed E-state index contributed by atoms with van der Waals surface area (Å²) in [7, 11) is 0. The summed E-state index contributed by atoms with van der Waals surface area (Å²) < 4.78 is 19.5. The van der Waals surface area contributed by atoms with E-state index in [9.17, 15) is 14.0 Å². The molecule has 0 saturated carbocycles. The lowest BCUT2D eigenvalue weighted by Crippen LogP contribution is -2.44. The van der Waals surface area contributed by atoms with Crippen LogP contribution in [0.3, 0.4) is 0 Å². The molecule has 0 aliphatic carbocycles. The number of halogens is 1. The lowest BCUT2D eigenvalue weighted by molar-refractivity contribution is 0.0576. The molecular formula is C16H18FN3O4. The Bertz CT molecular complexity index is 815. The molecular weight excluding hydrogens is 317 g/mol. The summed E-state index contributed by atoms with van der Waals surface area (Å²) >= 11 is 0. The van der Waals surface area contributed by atoms with Crippen LogP contribution in [0.2, 0.25) is 0 Å². The fraction of sp³-hybridized carbons (Fsp3) is 0.438. The van der Waals surface area contributed by atoms with E-state index < -0.39 is 17.3 Å². The van der Waals surface area contributed by atoms with E-state index in [1.165, 1.54) is 12.1 Å². The van der Waals surface area contributed by atoms with Gasteiger partial charge in [0, 0.05) is 6.61 Å². The Morgan fingerprint density at radius 3 is 3.08 bits per heavy atom. The van der Waals surface area contributed by atoms with Gasteiger partial charge in [0.2, 0.25) is 5.82 Å². The van der Waals surface area contributed by atoms with E-state index in [1.807, 2.05) is 0 Å². The molecule has 1 fully saturated rings. The van der Waals surface area contributed by atoms with Gasteiger partial charge in [-0.05, 0) is 38.0 Å². The van der Waals surface area contributed by atoms with Crippen LogP contribution in [0.4, 0.5) is 4.39 Å². The molecule has 0 spiro atoms. The number of ether oxygens (including phenoxy) is 1. The van der Waals surface area contributed by atoms with Crippen LogP contribution in [0.1, 0.15) is 30.4 Å². The van der Waals surface area contributed by atoms with E-state index in [1.54, 1.807) is 6.92 Å². The fourth-order valence-corrected chi connectivity index (χ4v) is 2.64. The zero-order chi connectivity index (χ0) is 17.1. The highest BCUT2D eigenvalue weighted by Gasteiger charge is 2.23. The number of benzene rings is 1. The average molecular weight is 335 g/mol. The Kier molecular flexibility index (Phi) is 4.75. The van der Waals surface area contributed by atoms with Gasteiger partial charge in [0.25, 0.3) is 11.5 Å². The molecule has 1 aliphatic heterocycles. The highest BCUT2D eigenvalue weighted by molar-refractivity contribution is 5.93. The van der Waals surface area contributed by atoms with Crippen LogP contribution in [0, 0.1) is 5.82 Å². The summed E-state index contributed by atoms with van der Waals surface area (Å²) in [5.41, 5.74) is -0.381. The van der Waals surface area contributed by atoms with E-state index in [0.717, 1.165) is 23.6 Å². The summed E-state index contributed by atoms with van der Waals surface area (Å²) in [6.07, 6.45) is 1.65. The monoisotopic (exact) mass is 335 g/mol. The molecule has 1 amide bonds. The van der Waals surface area contributed by atoms with Crippen molar-refractivity contribution in [3.8, 4) is 0 Å². The molecule has 128 valence electrons. The molecule has 1 saturated heterocycles. The standard InChI is InChI=1S/C16H18FN3O4/c1-2-24-20-14(15(21)18-11-4-3-7-23-9-11)19-13-6-5-10(17)8-12(13)16(20)22/h5-6,8,11H,2-4,7,9H2,1H3,(H,18,21). The molecule has 0 bridgehead atoms. The third kappa shape index (κ3) is 3.23. The van der Waals surface area contributed by atoms with Crippen LogP contribution in [-0.4, -0.2) is 41.5 Å². The number of nitrogens with one attached hydrogen (secondary N) is 1. The smallest absolute Gasteiger partial charge is 0.294 e. The molecule has 7 nitrogen and oxygen atoms in total. The van der Waals surface area contributed by atoms with Gasteiger partial charge < -0.3 is 14.9 Å². The Morgan fingerprint density at radius 2 is 2.38 bits per heavy atom. The van der Waals surface area contributed by atoms with Crippen LogP contribution < -0.4 is 15.7 Å². The Balaban J connectivity index is 2.01. The van der Waals surface area contributed by atoms with Crippen molar-refractivity contribution in [3.05, 3.63) is 40.2 Å². The number of rotatable bonds is 4. The second kappa shape index (κ2) is 6.96. The van der Waals surface area contributed by atoms with E-state index in [2.05, 4.69) is 10.3 Å². The van der Waals surface area contributed by atoms with Crippen LogP contribution in [0.5, 0.6) is 0 Å². The maximum absolute atomic E-state index is 13.4. The molecule has 2 aromatic rings. The zero-order valence-electron chi connectivity index (χ0n) is 13.3. The number of carbonyl (C=O) groups is 1. The van der Waals surface area contributed by atoms with Gasteiger partial charge in [0.05, 0.1) is 23.6 Å². The third-order valence-corrected chi connectivity index (χ3v) is 3.75. The summed E-state index contributed by atoms with van der Waals surface area (Å²) in [5, 5.41) is 2.85. The quantitative estimate of drug-likeness (QED) is 0.897. The number of carbonyl (C=O) groups excluding carboxylic acids is 1. The zero-order valence-corrected chi connectivity index (χ0v) is 13.3. The number of aromatic nitrogens is 2. The number of nitrogens with zero attached hydrogens (tertiary/aromatic N) is 2. The maximum atomic E-state index is 13.4. The topological polar surface area (TPSA) is 82.4 Å². The average Bonchev–Trinajstić information content (AvgIpc) is 2.58. The first-order valence-electron chi connectivity index (χ1n) is 7.84. The van der Waals surface area contributed by atoms with E-state index in [-0.39, 0.29) is 29.4 Å². The first kappa shape index (κ1) is 16.4. The van der Waals surface area contributed by atoms with Gasteiger partial charge >= 0.3 is 0 Å². The fourth-order valence-electron chi connectivity index (χ4n) is 2.64. The Morgan fingerprint density at radius 1 is 1.54 bits per heavy atom. The second-order valence-electron chi connectivity index (χ2n) is 5.50. The molecule has 1 aromatic heterocycles. The number of fused-ring (bicyclic) bond motifs is 1. The van der Waals surface area contributed by atoms with Crippen molar-refractivity contribution in [1.82, 2.24) is 15.0 Å². The van der Waals surface area contributed by atoms with Gasteiger partial charge in [0.15, 0.2) is 0 Å². The number of amides is 1. The van der Waals surface area contributed by atoms with Crippen LogP contribution in [-0.2, 0) is 4.74 Å². The lowest BCUT2D eigenvalue weighted by atomic mass is 10.1.